The number of hydrogen-bond donors (Lipinski definition) is 0. The monoisotopic (exact) mass is 515 g/mol. The Morgan fingerprint density at radius 1 is 0.667 bits per heavy atom. The summed E-state index contributed by atoms with van der Waals surface area (Å²) >= 11 is 0. The van der Waals surface area contributed by atoms with E-state index in [4.69, 9.17) is 0 Å². The minimum atomic E-state index is 0. The molecule has 33 heavy (non-hydrogen) atoms. The SMILES string of the molecule is Br.CCCCCCCCCCCCCCCCCCN1C=CC(C=Cc2ccccc2)=CC1. The van der Waals surface area contributed by atoms with Crippen LogP contribution in [-0.2, 0) is 0 Å². The van der Waals surface area contributed by atoms with Crippen LogP contribution in [0, 0.1) is 0 Å². The van der Waals surface area contributed by atoms with Gasteiger partial charge in [-0.3, -0.25) is 0 Å². The van der Waals surface area contributed by atoms with Gasteiger partial charge in [0, 0.05) is 13.1 Å². The Balaban J connectivity index is 0.00000544. The van der Waals surface area contributed by atoms with Gasteiger partial charge in [-0.25, -0.2) is 0 Å². The molecule has 0 amide bonds. The zero-order valence-electron chi connectivity index (χ0n) is 21.4. The lowest BCUT2D eigenvalue weighted by Crippen LogP contribution is -2.20. The third-order valence-electron chi connectivity index (χ3n) is 6.61. The van der Waals surface area contributed by atoms with E-state index in [2.05, 4.69) is 72.7 Å². The molecule has 1 aromatic rings. The van der Waals surface area contributed by atoms with Gasteiger partial charge in [0.1, 0.15) is 0 Å². The molecule has 186 valence electrons. The zero-order valence-corrected chi connectivity index (χ0v) is 23.1. The highest BCUT2D eigenvalue weighted by Crippen LogP contribution is 2.15. The highest BCUT2D eigenvalue weighted by molar-refractivity contribution is 8.93. The van der Waals surface area contributed by atoms with E-state index in [1.807, 2.05) is 0 Å². The van der Waals surface area contributed by atoms with E-state index in [0.717, 1.165) is 6.54 Å². The molecule has 2 rings (SSSR count). The van der Waals surface area contributed by atoms with Crippen LogP contribution in [-0.4, -0.2) is 18.0 Å². The first kappa shape index (κ1) is 29.8. The maximum atomic E-state index is 2.45. The van der Waals surface area contributed by atoms with E-state index in [9.17, 15) is 0 Å². The first-order valence-electron chi connectivity index (χ1n) is 13.7. The minimum Gasteiger partial charge on any atom is -0.374 e. The molecule has 1 aromatic carbocycles. The summed E-state index contributed by atoms with van der Waals surface area (Å²) < 4.78 is 0. The van der Waals surface area contributed by atoms with Gasteiger partial charge in [-0.15, -0.1) is 17.0 Å². The molecule has 0 spiro atoms. The summed E-state index contributed by atoms with van der Waals surface area (Å²) in [4.78, 5) is 2.45. The molecule has 1 aliphatic heterocycles. The molecule has 0 N–H and O–H groups in total. The highest BCUT2D eigenvalue weighted by atomic mass is 79.9. The van der Waals surface area contributed by atoms with Crippen molar-refractivity contribution in [3.05, 3.63) is 65.9 Å². The molecule has 0 bridgehead atoms. The van der Waals surface area contributed by atoms with Crippen LogP contribution in [0.25, 0.3) is 6.08 Å². The quantitative estimate of drug-likeness (QED) is 0.165. The molecule has 0 fully saturated rings. The van der Waals surface area contributed by atoms with Crippen molar-refractivity contribution in [2.24, 2.45) is 0 Å². The Kier molecular flexibility index (Phi) is 19.2. The molecule has 1 nitrogen and oxygen atoms in total. The number of hydrogen-bond acceptors (Lipinski definition) is 1. The molecule has 1 heterocycles. The maximum Gasteiger partial charge on any atom is 0.0362 e. The number of allylic oxidation sites excluding steroid dienone is 3. The van der Waals surface area contributed by atoms with Gasteiger partial charge in [0.2, 0.25) is 0 Å². The first-order chi connectivity index (χ1) is 15.9. The van der Waals surface area contributed by atoms with Crippen molar-refractivity contribution in [2.75, 3.05) is 13.1 Å². The van der Waals surface area contributed by atoms with Gasteiger partial charge in [-0.2, -0.15) is 0 Å². The lowest BCUT2D eigenvalue weighted by Gasteiger charge is -2.21. The molecule has 0 unspecified atom stereocenters. The summed E-state index contributed by atoms with van der Waals surface area (Å²) in [5.41, 5.74) is 2.58. The fourth-order valence-electron chi connectivity index (χ4n) is 4.45. The van der Waals surface area contributed by atoms with E-state index in [-0.39, 0.29) is 17.0 Å². The van der Waals surface area contributed by atoms with Crippen molar-refractivity contribution in [1.82, 2.24) is 4.90 Å². The van der Waals surface area contributed by atoms with Gasteiger partial charge in [0.15, 0.2) is 0 Å². The lowest BCUT2D eigenvalue weighted by atomic mass is 10.0. The van der Waals surface area contributed by atoms with E-state index in [1.165, 1.54) is 120 Å². The van der Waals surface area contributed by atoms with Crippen molar-refractivity contribution < 1.29 is 0 Å². The average molecular weight is 517 g/mol. The standard InChI is InChI=1S/C31H49N.BrH/c1-2-3-4-5-6-7-8-9-10-11-12-13-14-15-16-20-27-32-28-25-31(26-29-32)24-23-30-21-18-17-19-22-30;/h17-19,21-26,28H,2-16,20,27,29H2,1H3;1H. The van der Waals surface area contributed by atoms with E-state index in [1.54, 1.807) is 0 Å². The Morgan fingerprint density at radius 3 is 1.67 bits per heavy atom. The smallest absolute Gasteiger partial charge is 0.0362 e. The highest BCUT2D eigenvalue weighted by Gasteiger charge is 2.03. The number of rotatable bonds is 19. The van der Waals surface area contributed by atoms with Gasteiger partial charge in [-0.05, 0) is 29.8 Å². The number of nitrogens with zero attached hydrogens (tertiary/aromatic N) is 1. The normalized spacial score (nSPS) is 13.4. The third kappa shape index (κ3) is 16.1. The lowest BCUT2D eigenvalue weighted by molar-refractivity contribution is 0.391. The van der Waals surface area contributed by atoms with Crippen molar-refractivity contribution in [2.45, 2.75) is 110 Å². The molecule has 0 saturated heterocycles. The molecule has 2 heteroatoms. The fraction of sp³-hybridized carbons (Fsp3) is 0.613. The summed E-state index contributed by atoms with van der Waals surface area (Å²) in [6.45, 7) is 4.54. The molecule has 0 saturated carbocycles. The summed E-state index contributed by atoms with van der Waals surface area (Å²) in [5, 5.41) is 0. The van der Waals surface area contributed by atoms with Crippen LogP contribution in [0.15, 0.2) is 60.3 Å². The molecule has 1 aliphatic rings. The van der Waals surface area contributed by atoms with E-state index < -0.39 is 0 Å². The predicted octanol–water partition coefficient (Wildman–Crippen LogP) is 10.3. The minimum absolute atomic E-state index is 0. The average Bonchev–Trinajstić information content (AvgIpc) is 2.84. The molecule has 0 aliphatic carbocycles. The van der Waals surface area contributed by atoms with Gasteiger partial charge < -0.3 is 4.90 Å². The topological polar surface area (TPSA) is 3.24 Å². The maximum absolute atomic E-state index is 2.45. The third-order valence-corrected chi connectivity index (χ3v) is 6.61. The Bertz CT molecular complexity index is 646. The van der Waals surface area contributed by atoms with Crippen LogP contribution in [0.4, 0.5) is 0 Å². The van der Waals surface area contributed by atoms with Crippen LogP contribution in [0.2, 0.25) is 0 Å². The second-order valence-corrected chi connectivity index (χ2v) is 9.56. The van der Waals surface area contributed by atoms with Crippen LogP contribution < -0.4 is 0 Å². The van der Waals surface area contributed by atoms with Crippen LogP contribution in [0.5, 0.6) is 0 Å². The predicted molar refractivity (Wildman–Crippen MR) is 154 cm³/mol. The van der Waals surface area contributed by atoms with E-state index >= 15 is 0 Å². The number of halogens is 1. The fourth-order valence-corrected chi connectivity index (χ4v) is 4.45. The van der Waals surface area contributed by atoms with Gasteiger partial charge in [0.25, 0.3) is 0 Å². The van der Waals surface area contributed by atoms with Crippen molar-refractivity contribution in [1.29, 1.82) is 0 Å². The van der Waals surface area contributed by atoms with Crippen LogP contribution >= 0.6 is 17.0 Å². The van der Waals surface area contributed by atoms with E-state index in [0.29, 0.717) is 0 Å². The summed E-state index contributed by atoms with van der Waals surface area (Å²) in [7, 11) is 0. The molecule has 0 radical (unpaired) electrons. The first-order valence-corrected chi connectivity index (χ1v) is 13.7. The van der Waals surface area contributed by atoms with Gasteiger partial charge in [0.05, 0.1) is 0 Å². The van der Waals surface area contributed by atoms with Gasteiger partial charge >= 0.3 is 0 Å². The Hall–Kier alpha value is -1.28. The molecular formula is C31H50BrN. The summed E-state index contributed by atoms with van der Waals surface area (Å²) in [6.07, 6.45) is 34.2. The van der Waals surface area contributed by atoms with Crippen molar-refractivity contribution in [3.8, 4) is 0 Å². The van der Waals surface area contributed by atoms with Crippen molar-refractivity contribution in [3.63, 3.8) is 0 Å². The van der Waals surface area contributed by atoms with Crippen LogP contribution in [0.1, 0.15) is 115 Å². The van der Waals surface area contributed by atoms with Crippen molar-refractivity contribution >= 4 is 23.1 Å². The Labute approximate surface area is 216 Å². The summed E-state index contributed by atoms with van der Waals surface area (Å²) in [6, 6.07) is 10.5. The zero-order chi connectivity index (χ0) is 22.5. The molecule has 0 atom stereocenters. The van der Waals surface area contributed by atoms with Crippen LogP contribution in [0.3, 0.4) is 0 Å². The molecular weight excluding hydrogens is 466 g/mol. The Morgan fingerprint density at radius 2 is 1.18 bits per heavy atom. The largest absolute Gasteiger partial charge is 0.374 e. The number of unbranched alkanes of at least 4 members (excludes halogenated alkanes) is 15. The second-order valence-electron chi connectivity index (χ2n) is 9.56. The molecule has 0 aromatic heterocycles. The number of benzene rings is 1. The summed E-state index contributed by atoms with van der Waals surface area (Å²) in [5.74, 6) is 0. The second kappa shape index (κ2) is 21.3. The van der Waals surface area contributed by atoms with Gasteiger partial charge in [-0.1, -0.05) is 152 Å².